The van der Waals surface area contributed by atoms with Gasteiger partial charge in [-0.25, -0.2) is 0 Å². The summed E-state index contributed by atoms with van der Waals surface area (Å²) in [7, 11) is 0. The molecule has 0 amide bonds. The quantitative estimate of drug-likeness (QED) is 0.573. The van der Waals surface area contributed by atoms with Crippen LogP contribution in [0.1, 0.15) is 49.8 Å². The SMILES string of the molecule is C#CCCCC(NCCC)c1ccc(Br)cc1C. The average Bonchev–Trinajstić information content (AvgIpc) is 2.34. The van der Waals surface area contributed by atoms with Crippen molar-refractivity contribution >= 4 is 15.9 Å². The smallest absolute Gasteiger partial charge is 0.0323 e. The lowest BCUT2D eigenvalue weighted by atomic mass is 9.97. The molecule has 0 aliphatic heterocycles. The monoisotopic (exact) mass is 307 g/mol. The third-order valence-corrected chi connectivity index (χ3v) is 3.56. The minimum atomic E-state index is 0.423. The Balaban J connectivity index is 2.76. The Morgan fingerprint density at radius 2 is 2.22 bits per heavy atom. The minimum absolute atomic E-state index is 0.423. The van der Waals surface area contributed by atoms with E-state index in [0.29, 0.717) is 6.04 Å². The van der Waals surface area contributed by atoms with Crippen molar-refractivity contribution in [2.75, 3.05) is 6.54 Å². The van der Waals surface area contributed by atoms with Crippen LogP contribution in [0.2, 0.25) is 0 Å². The fraction of sp³-hybridized carbons (Fsp3) is 0.500. The van der Waals surface area contributed by atoms with Gasteiger partial charge in [0.05, 0.1) is 0 Å². The molecule has 2 heteroatoms. The van der Waals surface area contributed by atoms with E-state index in [9.17, 15) is 0 Å². The molecule has 0 radical (unpaired) electrons. The molecule has 0 saturated carbocycles. The van der Waals surface area contributed by atoms with Gasteiger partial charge in [-0.2, -0.15) is 0 Å². The molecule has 1 aromatic rings. The summed E-state index contributed by atoms with van der Waals surface area (Å²) in [5.74, 6) is 2.72. The normalized spacial score (nSPS) is 12.1. The van der Waals surface area contributed by atoms with Gasteiger partial charge in [0, 0.05) is 16.9 Å². The van der Waals surface area contributed by atoms with Gasteiger partial charge in [-0.3, -0.25) is 0 Å². The summed E-state index contributed by atoms with van der Waals surface area (Å²) in [5, 5.41) is 3.62. The van der Waals surface area contributed by atoms with Crippen molar-refractivity contribution in [2.24, 2.45) is 0 Å². The molecule has 1 unspecified atom stereocenters. The summed E-state index contributed by atoms with van der Waals surface area (Å²) in [4.78, 5) is 0. The maximum atomic E-state index is 5.33. The van der Waals surface area contributed by atoms with E-state index in [1.807, 2.05) is 0 Å². The summed E-state index contributed by atoms with van der Waals surface area (Å²) < 4.78 is 1.14. The Morgan fingerprint density at radius 3 is 2.83 bits per heavy atom. The van der Waals surface area contributed by atoms with Crippen molar-refractivity contribution in [1.29, 1.82) is 0 Å². The van der Waals surface area contributed by atoms with Gasteiger partial charge in [0.25, 0.3) is 0 Å². The second kappa shape index (κ2) is 8.34. The van der Waals surface area contributed by atoms with Crippen LogP contribution in [0, 0.1) is 19.3 Å². The first-order valence-corrected chi connectivity index (χ1v) is 7.41. The Kier molecular flexibility index (Phi) is 7.08. The summed E-state index contributed by atoms with van der Waals surface area (Å²) in [5.41, 5.74) is 2.72. The predicted molar refractivity (Wildman–Crippen MR) is 82.6 cm³/mol. The highest BCUT2D eigenvalue weighted by atomic mass is 79.9. The molecule has 1 atom stereocenters. The molecule has 0 aromatic heterocycles. The molecule has 1 N–H and O–H groups in total. The number of hydrogen-bond donors (Lipinski definition) is 1. The molecule has 18 heavy (non-hydrogen) atoms. The lowest BCUT2D eigenvalue weighted by molar-refractivity contribution is 0.485. The molecule has 0 fully saturated rings. The molecule has 98 valence electrons. The van der Waals surface area contributed by atoms with Crippen LogP contribution < -0.4 is 5.32 Å². The third-order valence-electron chi connectivity index (χ3n) is 3.06. The molecule has 0 bridgehead atoms. The number of aryl methyl sites for hydroxylation is 1. The summed E-state index contributed by atoms with van der Waals surface area (Å²) in [6.45, 7) is 5.41. The average molecular weight is 308 g/mol. The topological polar surface area (TPSA) is 12.0 Å². The Labute approximate surface area is 119 Å². The van der Waals surface area contributed by atoms with Crippen LogP contribution in [0.3, 0.4) is 0 Å². The Morgan fingerprint density at radius 1 is 1.44 bits per heavy atom. The predicted octanol–water partition coefficient (Wildman–Crippen LogP) is 4.60. The van der Waals surface area contributed by atoms with E-state index in [1.165, 1.54) is 11.1 Å². The zero-order valence-corrected chi connectivity index (χ0v) is 12.9. The van der Waals surface area contributed by atoms with E-state index in [0.717, 1.165) is 36.7 Å². The van der Waals surface area contributed by atoms with E-state index < -0.39 is 0 Å². The maximum absolute atomic E-state index is 5.33. The fourth-order valence-corrected chi connectivity index (χ4v) is 2.60. The van der Waals surface area contributed by atoms with Gasteiger partial charge < -0.3 is 5.32 Å². The van der Waals surface area contributed by atoms with Gasteiger partial charge in [-0.15, -0.1) is 12.3 Å². The lowest BCUT2D eigenvalue weighted by Gasteiger charge is -2.21. The van der Waals surface area contributed by atoms with Gasteiger partial charge in [-0.1, -0.05) is 28.9 Å². The largest absolute Gasteiger partial charge is 0.310 e. The number of halogens is 1. The molecule has 1 rings (SSSR count). The van der Waals surface area contributed by atoms with E-state index in [2.05, 4.69) is 59.2 Å². The first-order chi connectivity index (χ1) is 8.69. The van der Waals surface area contributed by atoms with Crippen molar-refractivity contribution in [3.63, 3.8) is 0 Å². The van der Waals surface area contributed by atoms with Crippen molar-refractivity contribution in [1.82, 2.24) is 5.32 Å². The van der Waals surface area contributed by atoms with Crippen LogP contribution in [0.4, 0.5) is 0 Å². The molecular weight excluding hydrogens is 286 g/mol. The minimum Gasteiger partial charge on any atom is -0.310 e. The van der Waals surface area contributed by atoms with Crippen LogP contribution >= 0.6 is 15.9 Å². The molecular formula is C16H22BrN. The van der Waals surface area contributed by atoms with Gasteiger partial charge in [0.15, 0.2) is 0 Å². The molecule has 0 heterocycles. The second-order valence-corrected chi connectivity index (χ2v) is 5.52. The summed E-state index contributed by atoms with van der Waals surface area (Å²) in [6, 6.07) is 6.93. The highest BCUT2D eigenvalue weighted by molar-refractivity contribution is 9.10. The first kappa shape index (κ1) is 15.3. The summed E-state index contributed by atoms with van der Waals surface area (Å²) >= 11 is 3.51. The van der Waals surface area contributed by atoms with Gasteiger partial charge in [-0.05, 0) is 56.0 Å². The Bertz CT molecular complexity index is 406. The third kappa shape index (κ3) is 4.84. The van der Waals surface area contributed by atoms with Crippen molar-refractivity contribution in [3.8, 4) is 12.3 Å². The number of unbranched alkanes of at least 4 members (excludes halogenated alkanes) is 1. The lowest BCUT2D eigenvalue weighted by Crippen LogP contribution is -2.22. The molecule has 1 aromatic carbocycles. The van der Waals surface area contributed by atoms with Crippen LogP contribution in [-0.2, 0) is 0 Å². The van der Waals surface area contributed by atoms with Crippen molar-refractivity contribution < 1.29 is 0 Å². The van der Waals surface area contributed by atoms with E-state index >= 15 is 0 Å². The molecule has 0 aliphatic rings. The van der Waals surface area contributed by atoms with E-state index in [1.54, 1.807) is 0 Å². The van der Waals surface area contributed by atoms with Gasteiger partial charge in [0.1, 0.15) is 0 Å². The molecule has 0 saturated heterocycles. The summed E-state index contributed by atoms with van der Waals surface area (Å²) in [6.07, 6.45) is 9.52. The number of nitrogens with one attached hydrogen (secondary N) is 1. The molecule has 0 spiro atoms. The zero-order chi connectivity index (χ0) is 13.4. The molecule has 0 aliphatic carbocycles. The van der Waals surface area contributed by atoms with Crippen LogP contribution in [0.25, 0.3) is 0 Å². The highest BCUT2D eigenvalue weighted by Gasteiger charge is 2.12. The number of hydrogen-bond acceptors (Lipinski definition) is 1. The Hall–Kier alpha value is -0.780. The van der Waals surface area contributed by atoms with Crippen molar-refractivity contribution in [3.05, 3.63) is 33.8 Å². The van der Waals surface area contributed by atoms with E-state index in [-0.39, 0.29) is 0 Å². The fourth-order valence-electron chi connectivity index (χ4n) is 2.12. The van der Waals surface area contributed by atoms with Crippen LogP contribution in [0.15, 0.2) is 22.7 Å². The number of benzene rings is 1. The van der Waals surface area contributed by atoms with Gasteiger partial charge >= 0.3 is 0 Å². The zero-order valence-electron chi connectivity index (χ0n) is 11.3. The molecule has 1 nitrogen and oxygen atoms in total. The highest BCUT2D eigenvalue weighted by Crippen LogP contribution is 2.25. The van der Waals surface area contributed by atoms with Crippen LogP contribution in [0.5, 0.6) is 0 Å². The number of rotatable bonds is 7. The number of terminal acetylenes is 1. The standard InChI is InChI=1S/C16H22BrN/c1-4-6-7-8-16(18-11-5-2)15-10-9-14(17)12-13(15)3/h1,9-10,12,16,18H,5-8,11H2,2-3H3. The van der Waals surface area contributed by atoms with Crippen LogP contribution in [-0.4, -0.2) is 6.54 Å². The maximum Gasteiger partial charge on any atom is 0.0323 e. The second-order valence-electron chi connectivity index (χ2n) is 4.60. The first-order valence-electron chi connectivity index (χ1n) is 6.62. The van der Waals surface area contributed by atoms with Gasteiger partial charge in [0.2, 0.25) is 0 Å². The van der Waals surface area contributed by atoms with E-state index in [4.69, 9.17) is 6.42 Å². The van der Waals surface area contributed by atoms with Crippen molar-refractivity contribution in [2.45, 2.75) is 45.6 Å².